The van der Waals surface area contributed by atoms with Crippen LogP contribution in [0.1, 0.15) is 24.2 Å². The standard InChI is InChI=1S/C25H31ClN4O/c26-22-6-7-24-23(16-22)27-25(30(24)18-20-4-2-1-3-5-20)19-28-10-8-21(9-11-28)17-29-12-14-31-15-13-29/h1-7,16,21H,8-15,17-19H2. The van der Waals surface area contributed by atoms with Gasteiger partial charge in [-0.2, -0.15) is 0 Å². The zero-order valence-corrected chi connectivity index (χ0v) is 18.8. The number of hydrogen-bond acceptors (Lipinski definition) is 4. The van der Waals surface area contributed by atoms with Gasteiger partial charge in [-0.3, -0.25) is 9.80 Å². The molecule has 0 radical (unpaired) electrons. The third-order valence-electron chi connectivity index (χ3n) is 6.67. The Bertz CT molecular complexity index is 991. The molecule has 2 saturated heterocycles. The van der Waals surface area contributed by atoms with Gasteiger partial charge < -0.3 is 9.30 Å². The summed E-state index contributed by atoms with van der Waals surface area (Å²) in [6, 6.07) is 16.7. The number of benzene rings is 2. The molecule has 3 aromatic rings. The molecule has 2 aliphatic rings. The number of ether oxygens (including phenoxy) is 1. The van der Waals surface area contributed by atoms with Gasteiger partial charge >= 0.3 is 0 Å². The molecule has 0 atom stereocenters. The number of halogens is 1. The van der Waals surface area contributed by atoms with Crippen molar-refractivity contribution in [3.63, 3.8) is 0 Å². The summed E-state index contributed by atoms with van der Waals surface area (Å²) in [7, 11) is 0. The van der Waals surface area contributed by atoms with E-state index in [2.05, 4.69) is 50.8 Å². The first kappa shape index (κ1) is 21.0. The summed E-state index contributed by atoms with van der Waals surface area (Å²) in [6.45, 7) is 9.20. The van der Waals surface area contributed by atoms with E-state index in [0.717, 1.165) is 80.3 Å². The first-order valence-electron chi connectivity index (χ1n) is 11.5. The molecule has 0 N–H and O–H groups in total. The van der Waals surface area contributed by atoms with Crippen molar-refractivity contribution in [2.24, 2.45) is 5.92 Å². The minimum absolute atomic E-state index is 0.743. The number of hydrogen-bond donors (Lipinski definition) is 0. The lowest BCUT2D eigenvalue weighted by Crippen LogP contribution is -2.42. The van der Waals surface area contributed by atoms with E-state index in [0.29, 0.717) is 0 Å². The molecule has 0 spiro atoms. The zero-order chi connectivity index (χ0) is 21.0. The molecule has 3 heterocycles. The van der Waals surface area contributed by atoms with Gasteiger partial charge in [0.1, 0.15) is 5.82 Å². The SMILES string of the molecule is Clc1ccc2c(c1)nc(CN1CCC(CN3CCOCC3)CC1)n2Cc1ccccc1. The summed E-state index contributed by atoms with van der Waals surface area (Å²) in [4.78, 5) is 10.1. The molecular weight excluding hydrogens is 408 g/mol. The fraction of sp³-hybridized carbons (Fsp3) is 0.480. The van der Waals surface area contributed by atoms with Gasteiger partial charge in [0.15, 0.2) is 0 Å². The van der Waals surface area contributed by atoms with Gasteiger partial charge in [-0.1, -0.05) is 41.9 Å². The summed E-state index contributed by atoms with van der Waals surface area (Å²) < 4.78 is 7.85. The molecule has 0 unspecified atom stereocenters. The maximum atomic E-state index is 6.26. The first-order chi connectivity index (χ1) is 15.2. The van der Waals surface area contributed by atoms with Gasteiger partial charge in [-0.25, -0.2) is 4.98 Å². The van der Waals surface area contributed by atoms with Crippen LogP contribution in [-0.4, -0.2) is 65.3 Å². The lowest BCUT2D eigenvalue weighted by molar-refractivity contribution is 0.0240. The number of likely N-dealkylation sites (tertiary alicyclic amines) is 1. The van der Waals surface area contributed by atoms with Crippen LogP contribution >= 0.6 is 11.6 Å². The Morgan fingerprint density at radius 1 is 0.903 bits per heavy atom. The Morgan fingerprint density at radius 2 is 1.68 bits per heavy atom. The highest BCUT2D eigenvalue weighted by Crippen LogP contribution is 2.25. The molecule has 0 bridgehead atoms. The number of rotatable bonds is 6. The number of piperidine rings is 1. The van der Waals surface area contributed by atoms with Gasteiger partial charge in [0.25, 0.3) is 0 Å². The molecule has 5 rings (SSSR count). The predicted molar refractivity (Wildman–Crippen MR) is 126 cm³/mol. The largest absolute Gasteiger partial charge is 0.379 e. The van der Waals surface area contributed by atoms with E-state index in [-0.39, 0.29) is 0 Å². The molecular formula is C25H31ClN4O. The minimum atomic E-state index is 0.743. The Kier molecular flexibility index (Phi) is 6.55. The number of morpholine rings is 1. The lowest BCUT2D eigenvalue weighted by Gasteiger charge is -2.36. The third-order valence-corrected chi connectivity index (χ3v) is 6.90. The topological polar surface area (TPSA) is 33.5 Å². The van der Waals surface area contributed by atoms with Crippen molar-refractivity contribution in [3.05, 3.63) is 64.9 Å². The molecule has 1 aromatic heterocycles. The molecule has 0 aliphatic carbocycles. The number of fused-ring (bicyclic) bond motifs is 1. The van der Waals surface area contributed by atoms with Crippen LogP contribution in [0, 0.1) is 5.92 Å². The molecule has 2 aromatic carbocycles. The van der Waals surface area contributed by atoms with Crippen LogP contribution in [0.2, 0.25) is 5.02 Å². The van der Waals surface area contributed by atoms with Gasteiger partial charge in [-0.15, -0.1) is 0 Å². The minimum Gasteiger partial charge on any atom is -0.379 e. The van der Waals surface area contributed by atoms with Crippen molar-refractivity contribution in [2.75, 3.05) is 45.9 Å². The Balaban J connectivity index is 1.28. The zero-order valence-electron chi connectivity index (χ0n) is 18.0. The van der Waals surface area contributed by atoms with Crippen molar-refractivity contribution in [1.82, 2.24) is 19.4 Å². The monoisotopic (exact) mass is 438 g/mol. The van der Waals surface area contributed by atoms with Gasteiger partial charge in [0.2, 0.25) is 0 Å². The van der Waals surface area contributed by atoms with Gasteiger partial charge in [0.05, 0.1) is 30.8 Å². The highest BCUT2D eigenvalue weighted by molar-refractivity contribution is 6.31. The van der Waals surface area contributed by atoms with Crippen LogP contribution < -0.4 is 0 Å². The van der Waals surface area contributed by atoms with Crippen molar-refractivity contribution in [2.45, 2.75) is 25.9 Å². The number of imidazole rings is 1. The Hall–Kier alpha value is -1.92. The summed E-state index contributed by atoms with van der Waals surface area (Å²) in [6.07, 6.45) is 2.53. The van der Waals surface area contributed by atoms with Crippen LogP contribution in [0.25, 0.3) is 11.0 Å². The van der Waals surface area contributed by atoms with Crippen LogP contribution in [0.5, 0.6) is 0 Å². The van der Waals surface area contributed by atoms with Crippen LogP contribution in [0.3, 0.4) is 0 Å². The van der Waals surface area contributed by atoms with E-state index in [4.69, 9.17) is 21.3 Å². The van der Waals surface area contributed by atoms with Crippen LogP contribution in [0.4, 0.5) is 0 Å². The maximum absolute atomic E-state index is 6.26. The molecule has 0 saturated carbocycles. The predicted octanol–water partition coefficient (Wildman–Crippen LogP) is 4.28. The molecule has 2 fully saturated rings. The van der Waals surface area contributed by atoms with Gasteiger partial charge in [0, 0.05) is 31.2 Å². The summed E-state index contributed by atoms with van der Waals surface area (Å²) in [5.74, 6) is 1.93. The fourth-order valence-corrected chi connectivity index (χ4v) is 5.06. The molecule has 2 aliphatic heterocycles. The highest BCUT2D eigenvalue weighted by Gasteiger charge is 2.24. The highest BCUT2D eigenvalue weighted by atomic mass is 35.5. The van der Waals surface area contributed by atoms with Crippen molar-refractivity contribution in [1.29, 1.82) is 0 Å². The van der Waals surface area contributed by atoms with E-state index in [1.54, 1.807) is 0 Å². The quantitative estimate of drug-likeness (QED) is 0.575. The van der Waals surface area contributed by atoms with Crippen molar-refractivity contribution in [3.8, 4) is 0 Å². The normalized spacial score (nSPS) is 19.3. The average molecular weight is 439 g/mol. The molecule has 6 heteroatoms. The Labute approximate surface area is 189 Å². The summed E-state index contributed by atoms with van der Waals surface area (Å²) in [5.41, 5.74) is 3.44. The second-order valence-electron chi connectivity index (χ2n) is 8.87. The molecule has 31 heavy (non-hydrogen) atoms. The van der Waals surface area contributed by atoms with Crippen molar-refractivity contribution < 1.29 is 4.74 Å². The first-order valence-corrected chi connectivity index (χ1v) is 11.8. The molecule has 164 valence electrons. The maximum Gasteiger partial charge on any atom is 0.124 e. The van der Waals surface area contributed by atoms with E-state index in [9.17, 15) is 0 Å². The van der Waals surface area contributed by atoms with Crippen LogP contribution in [0.15, 0.2) is 48.5 Å². The van der Waals surface area contributed by atoms with E-state index >= 15 is 0 Å². The third kappa shape index (κ3) is 5.12. The van der Waals surface area contributed by atoms with Crippen LogP contribution in [-0.2, 0) is 17.8 Å². The van der Waals surface area contributed by atoms with Crippen molar-refractivity contribution >= 4 is 22.6 Å². The lowest BCUT2D eigenvalue weighted by atomic mass is 9.96. The number of aromatic nitrogens is 2. The second-order valence-corrected chi connectivity index (χ2v) is 9.30. The average Bonchev–Trinajstić information content (AvgIpc) is 3.12. The van der Waals surface area contributed by atoms with Gasteiger partial charge in [-0.05, 0) is 55.6 Å². The van der Waals surface area contributed by atoms with E-state index in [1.807, 2.05) is 12.1 Å². The summed E-state index contributed by atoms with van der Waals surface area (Å²) in [5, 5.41) is 0.743. The summed E-state index contributed by atoms with van der Waals surface area (Å²) >= 11 is 6.26. The molecule has 0 amide bonds. The molecule has 5 nitrogen and oxygen atoms in total. The van der Waals surface area contributed by atoms with E-state index < -0.39 is 0 Å². The second kappa shape index (κ2) is 9.70. The Morgan fingerprint density at radius 3 is 2.45 bits per heavy atom. The fourth-order valence-electron chi connectivity index (χ4n) is 4.89. The van der Waals surface area contributed by atoms with E-state index in [1.165, 1.54) is 24.9 Å². The number of nitrogens with zero attached hydrogens (tertiary/aromatic N) is 4. The smallest absolute Gasteiger partial charge is 0.124 e.